The number of methoxy groups -OCH3 is 3. The number of carbonyl (C=O) groups is 1. The molecule has 0 spiro atoms. The number of ketones is 1. The van der Waals surface area contributed by atoms with E-state index >= 15 is 0 Å². The highest BCUT2D eigenvalue weighted by Crippen LogP contribution is 2.31. The van der Waals surface area contributed by atoms with Crippen LogP contribution in [0.3, 0.4) is 0 Å². The molecule has 1 aromatic heterocycles. The van der Waals surface area contributed by atoms with E-state index in [-0.39, 0.29) is 11.5 Å². The molecule has 0 aliphatic heterocycles. The van der Waals surface area contributed by atoms with E-state index < -0.39 is 0 Å². The fourth-order valence-corrected chi connectivity index (χ4v) is 4.29. The maximum absolute atomic E-state index is 13.1. The van der Waals surface area contributed by atoms with Crippen molar-refractivity contribution < 1.29 is 19.0 Å². The minimum atomic E-state index is -0.0924. The molecule has 8 heteroatoms. The molecule has 4 aromatic rings. The zero-order valence-corrected chi connectivity index (χ0v) is 20.3. The molecule has 0 aliphatic carbocycles. The Labute approximate surface area is 202 Å². The van der Waals surface area contributed by atoms with Crippen LogP contribution in [0.25, 0.3) is 17.1 Å². The summed E-state index contributed by atoms with van der Waals surface area (Å²) in [4.78, 5) is 13.1. The van der Waals surface area contributed by atoms with Gasteiger partial charge in [-0.25, -0.2) is 0 Å². The van der Waals surface area contributed by atoms with Gasteiger partial charge in [0.05, 0.1) is 32.6 Å². The second-order valence-electron chi connectivity index (χ2n) is 7.48. The van der Waals surface area contributed by atoms with Crippen molar-refractivity contribution in [3.05, 3.63) is 77.9 Å². The lowest BCUT2D eigenvalue weighted by atomic mass is 10.1. The first kappa shape index (κ1) is 23.4. The lowest BCUT2D eigenvalue weighted by Gasteiger charge is -2.12. The summed E-state index contributed by atoms with van der Waals surface area (Å²) in [6.45, 7) is 2.04. The second-order valence-corrected chi connectivity index (χ2v) is 8.43. The molecule has 3 aromatic carbocycles. The van der Waals surface area contributed by atoms with Gasteiger partial charge in [-0.15, -0.1) is 10.2 Å². The lowest BCUT2D eigenvalue weighted by Crippen LogP contribution is -2.07. The lowest BCUT2D eigenvalue weighted by molar-refractivity contribution is 0.101. The van der Waals surface area contributed by atoms with Crippen molar-refractivity contribution >= 4 is 17.5 Å². The van der Waals surface area contributed by atoms with E-state index in [1.165, 1.54) is 11.8 Å². The smallest absolute Gasteiger partial charge is 0.196 e. The number of rotatable bonds is 9. The highest BCUT2D eigenvalue weighted by molar-refractivity contribution is 7.99. The zero-order valence-electron chi connectivity index (χ0n) is 19.4. The summed E-state index contributed by atoms with van der Waals surface area (Å²) in [5.41, 5.74) is 3.42. The maximum Gasteiger partial charge on any atom is 0.196 e. The molecule has 0 unspecified atom stereocenters. The summed E-state index contributed by atoms with van der Waals surface area (Å²) >= 11 is 1.32. The summed E-state index contributed by atoms with van der Waals surface area (Å²) in [5.74, 6) is 2.61. The summed E-state index contributed by atoms with van der Waals surface area (Å²) in [6.07, 6.45) is 0. The van der Waals surface area contributed by atoms with Gasteiger partial charge in [-0.3, -0.25) is 9.36 Å². The third-order valence-electron chi connectivity index (χ3n) is 5.31. The second kappa shape index (κ2) is 10.4. The minimum Gasteiger partial charge on any atom is -0.497 e. The molecule has 0 saturated heterocycles. The van der Waals surface area contributed by atoms with Crippen molar-refractivity contribution in [3.8, 4) is 34.3 Å². The number of benzene rings is 3. The molecule has 7 nitrogen and oxygen atoms in total. The molecule has 0 saturated carbocycles. The average molecular weight is 476 g/mol. The molecule has 0 fully saturated rings. The van der Waals surface area contributed by atoms with Gasteiger partial charge in [0.2, 0.25) is 0 Å². The molecular weight excluding hydrogens is 450 g/mol. The molecule has 34 heavy (non-hydrogen) atoms. The molecule has 0 bridgehead atoms. The third-order valence-corrected chi connectivity index (χ3v) is 6.24. The third kappa shape index (κ3) is 4.92. The van der Waals surface area contributed by atoms with Crippen LogP contribution in [0.15, 0.2) is 71.9 Å². The Balaban J connectivity index is 1.67. The first-order valence-corrected chi connectivity index (χ1v) is 11.6. The van der Waals surface area contributed by atoms with Crippen LogP contribution in [0.2, 0.25) is 0 Å². The number of Topliss-reactive ketones (excluding diaryl/α,β-unsaturated/α-hetero) is 1. The van der Waals surface area contributed by atoms with Crippen molar-refractivity contribution in [2.75, 3.05) is 27.1 Å². The Morgan fingerprint density at radius 3 is 2.18 bits per heavy atom. The Kier molecular flexibility index (Phi) is 7.18. The fraction of sp³-hybridized carbons (Fsp3) is 0.192. The van der Waals surface area contributed by atoms with E-state index in [9.17, 15) is 4.79 Å². The highest BCUT2D eigenvalue weighted by atomic mass is 32.2. The number of nitrogens with zero attached hydrogens (tertiary/aromatic N) is 3. The van der Waals surface area contributed by atoms with E-state index in [4.69, 9.17) is 14.2 Å². The van der Waals surface area contributed by atoms with Gasteiger partial charge in [-0.05, 0) is 61.5 Å². The maximum atomic E-state index is 13.1. The van der Waals surface area contributed by atoms with Crippen LogP contribution < -0.4 is 14.2 Å². The number of ether oxygens (including phenoxy) is 3. The molecule has 174 valence electrons. The number of aromatic nitrogens is 3. The van der Waals surface area contributed by atoms with Crippen molar-refractivity contribution in [1.29, 1.82) is 0 Å². The van der Waals surface area contributed by atoms with Crippen LogP contribution in [0.1, 0.15) is 15.9 Å². The average Bonchev–Trinajstić information content (AvgIpc) is 3.31. The summed E-state index contributed by atoms with van der Waals surface area (Å²) in [5, 5.41) is 9.48. The van der Waals surface area contributed by atoms with Crippen LogP contribution in [-0.2, 0) is 0 Å². The number of carbonyl (C=O) groups excluding carboxylic acids is 1. The van der Waals surface area contributed by atoms with E-state index in [0.29, 0.717) is 28.0 Å². The van der Waals surface area contributed by atoms with Crippen LogP contribution in [0, 0.1) is 6.92 Å². The fourth-order valence-electron chi connectivity index (χ4n) is 3.46. The number of thioether (sulfide) groups is 1. The quantitative estimate of drug-likeness (QED) is 0.242. The van der Waals surface area contributed by atoms with Crippen molar-refractivity contribution in [1.82, 2.24) is 14.8 Å². The molecule has 0 amide bonds. The number of hydrogen-bond acceptors (Lipinski definition) is 7. The number of hydrogen-bond donors (Lipinski definition) is 0. The van der Waals surface area contributed by atoms with Crippen LogP contribution >= 0.6 is 11.8 Å². The molecule has 0 aliphatic rings. The summed E-state index contributed by atoms with van der Waals surface area (Å²) in [6, 6.07) is 20.9. The van der Waals surface area contributed by atoms with E-state index in [2.05, 4.69) is 10.2 Å². The normalized spacial score (nSPS) is 10.7. The van der Waals surface area contributed by atoms with Crippen molar-refractivity contribution in [3.63, 3.8) is 0 Å². The Bertz CT molecular complexity index is 1280. The predicted octanol–water partition coefficient (Wildman–Crippen LogP) is 5.24. The van der Waals surface area contributed by atoms with E-state index in [0.717, 1.165) is 22.6 Å². The van der Waals surface area contributed by atoms with Gasteiger partial charge in [0.15, 0.2) is 16.8 Å². The Hall–Kier alpha value is -3.78. The first-order valence-electron chi connectivity index (χ1n) is 10.6. The minimum absolute atomic E-state index is 0.0924. The standard InChI is InChI=1S/C26H25N3O4S/c1-17-5-9-19(10-6-17)29-25(18-7-11-20(31-2)12-8-18)27-28-26(29)34-16-23(30)22-15-21(32-3)13-14-24(22)33-4/h5-15H,16H2,1-4H3. The van der Waals surface area contributed by atoms with Gasteiger partial charge in [-0.2, -0.15) is 0 Å². The SMILES string of the molecule is COc1ccc(-c2nnc(SCC(=O)c3cc(OC)ccc3OC)n2-c2ccc(C)cc2)cc1. The molecule has 1 heterocycles. The van der Waals surface area contributed by atoms with Gasteiger partial charge >= 0.3 is 0 Å². The molecule has 0 N–H and O–H groups in total. The van der Waals surface area contributed by atoms with Gasteiger partial charge < -0.3 is 14.2 Å². The predicted molar refractivity (Wildman–Crippen MR) is 133 cm³/mol. The Morgan fingerprint density at radius 2 is 1.53 bits per heavy atom. The van der Waals surface area contributed by atoms with Crippen LogP contribution in [0.5, 0.6) is 17.2 Å². The van der Waals surface area contributed by atoms with Gasteiger partial charge in [0, 0.05) is 11.3 Å². The monoisotopic (exact) mass is 475 g/mol. The van der Waals surface area contributed by atoms with E-state index in [1.54, 1.807) is 39.5 Å². The number of aryl methyl sites for hydroxylation is 1. The molecule has 0 radical (unpaired) electrons. The first-order chi connectivity index (χ1) is 16.5. The Morgan fingerprint density at radius 1 is 0.853 bits per heavy atom. The van der Waals surface area contributed by atoms with E-state index in [1.807, 2.05) is 60.0 Å². The summed E-state index contributed by atoms with van der Waals surface area (Å²) in [7, 11) is 4.74. The largest absolute Gasteiger partial charge is 0.497 e. The highest BCUT2D eigenvalue weighted by Gasteiger charge is 2.20. The van der Waals surface area contributed by atoms with Gasteiger partial charge in [-0.1, -0.05) is 29.5 Å². The van der Waals surface area contributed by atoms with Gasteiger partial charge in [0.25, 0.3) is 0 Å². The zero-order chi connectivity index (χ0) is 24.1. The van der Waals surface area contributed by atoms with Gasteiger partial charge in [0.1, 0.15) is 17.2 Å². The topological polar surface area (TPSA) is 75.5 Å². The van der Waals surface area contributed by atoms with Crippen LogP contribution in [0.4, 0.5) is 0 Å². The van der Waals surface area contributed by atoms with Crippen molar-refractivity contribution in [2.45, 2.75) is 12.1 Å². The summed E-state index contributed by atoms with van der Waals surface area (Å²) < 4.78 is 17.9. The van der Waals surface area contributed by atoms with Crippen LogP contribution in [-0.4, -0.2) is 47.6 Å². The molecule has 0 atom stereocenters. The molecule has 4 rings (SSSR count). The van der Waals surface area contributed by atoms with Crippen molar-refractivity contribution in [2.24, 2.45) is 0 Å². The molecular formula is C26H25N3O4S.